The smallest absolute Gasteiger partial charge is 0.335 e. The van der Waals surface area contributed by atoms with Crippen LogP contribution in [-0.4, -0.2) is 26.6 Å². The van der Waals surface area contributed by atoms with E-state index in [0.29, 0.717) is 0 Å². The fraction of sp³-hybridized carbons (Fsp3) is 0.0625. The van der Waals surface area contributed by atoms with Crippen molar-refractivity contribution in [2.75, 3.05) is 11.4 Å². The summed E-state index contributed by atoms with van der Waals surface area (Å²) in [6.07, 6.45) is 2.38. The van der Waals surface area contributed by atoms with Crippen LogP contribution in [0, 0.1) is 0 Å². The molecule has 0 spiro atoms. The van der Waals surface area contributed by atoms with Crippen molar-refractivity contribution >= 4 is 33.3 Å². The van der Waals surface area contributed by atoms with Crippen molar-refractivity contribution in [3.63, 3.8) is 0 Å². The molecule has 0 saturated heterocycles. The van der Waals surface area contributed by atoms with Crippen LogP contribution in [0.5, 0.6) is 11.5 Å². The zero-order chi connectivity index (χ0) is 18.2. The Morgan fingerprint density at radius 3 is 2.68 bits per heavy atom. The number of methoxy groups -OCH3 is 1. The Labute approximate surface area is 148 Å². The standard InChI is InChI=1S/C16H12ClNO6S/c1-23-14-5-3-11(17)9-15(14)25(21,22)18-6-7-24-13-4-2-10(16(19)20)8-12(13)18/h2-9H,1H3,(H,19,20). The highest BCUT2D eigenvalue weighted by Crippen LogP contribution is 2.39. The number of anilines is 1. The first-order valence-corrected chi connectivity index (χ1v) is 8.75. The lowest BCUT2D eigenvalue weighted by atomic mass is 10.2. The summed E-state index contributed by atoms with van der Waals surface area (Å²) in [6.45, 7) is 0. The van der Waals surface area contributed by atoms with E-state index in [0.717, 1.165) is 4.31 Å². The molecule has 25 heavy (non-hydrogen) atoms. The van der Waals surface area contributed by atoms with Gasteiger partial charge in [0.15, 0.2) is 5.75 Å². The van der Waals surface area contributed by atoms with Crippen LogP contribution in [-0.2, 0) is 10.0 Å². The van der Waals surface area contributed by atoms with Crippen LogP contribution in [0.4, 0.5) is 5.69 Å². The quantitative estimate of drug-likeness (QED) is 0.874. The van der Waals surface area contributed by atoms with Crippen LogP contribution < -0.4 is 13.8 Å². The second-order valence-electron chi connectivity index (χ2n) is 4.99. The summed E-state index contributed by atoms with van der Waals surface area (Å²) in [5.41, 5.74) is 0.000313. The van der Waals surface area contributed by atoms with E-state index in [2.05, 4.69) is 0 Å². The fourth-order valence-corrected chi connectivity index (χ4v) is 4.07. The highest BCUT2D eigenvalue weighted by molar-refractivity contribution is 7.93. The number of hydrogen-bond donors (Lipinski definition) is 1. The minimum Gasteiger partial charge on any atom is -0.495 e. The molecule has 0 amide bonds. The first-order valence-electron chi connectivity index (χ1n) is 6.93. The van der Waals surface area contributed by atoms with Gasteiger partial charge in [0.2, 0.25) is 0 Å². The number of carboxylic acids is 1. The number of benzene rings is 2. The van der Waals surface area contributed by atoms with Gasteiger partial charge in [-0.15, -0.1) is 0 Å². The number of aromatic carboxylic acids is 1. The summed E-state index contributed by atoms with van der Waals surface area (Å²) >= 11 is 5.93. The number of ether oxygens (including phenoxy) is 2. The number of hydrogen-bond acceptors (Lipinski definition) is 5. The highest BCUT2D eigenvalue weighted by Gasteiger charge is 2.31. The molecule has 2 aromatic carbocycles. The number of rotatable bonds is 4. The Bertz CT molecular complexity index is 986. The highest BCUT2D eigenvalue weighted by atomic mass is 35.5. The normalized spacial score (nSPS) is 13.1. The molecule has 0 bridgehead atoms. The van der Waals surface area contributed by atoms with Crippen molar-refractivity contribution in [1.29, 1.82) is 0 Å². The van der Waals surface area contributed by atoms with Crippen LogP contribution in [0.1, 0.15) is 10.4 Å². The average Bonchev–Trinajstić information content (AvgIpc) is 2.60. The predicted molar refractivity (Wildman–Crippen MR) is 90.8 cm³/mol. The van der Waals surface area contributed by atoms with E-state index in [4.69, 9.17) is 26.2 Å². The van der Waals surface area contributed by atoms with Gasteiger partial charge < -0.3 is 14.6 Å². The van der Waals surface area contributed by atoms with Crippen molar-refractivity contribution in [3.05, 3.63) is 59.4 Å². The van der Waals surface area contributed by atoms with Gasteiger partial charge in [-0.25, -0.2) is 17.5 Å². The van der Waals surface area contributed by atoms with E-state index in [1.807, 2.05) is 0 Å². The van der Waals surface area contributed by atoms with Crippen molar-refractivity contribution in [1.82, 2.24) is 0 Å². The fourth-order valence-electron chi connectivity index (χ4n) is 2.33. The van der Waals surface area contributed by atoms with Gasteiger partial charge in [0.1, 0.15) is 22.6 Å². The average molecular weight is 382 g/mol. The predicted octanol–water partition coefficient (Wildman–Crippen LogP) is 3.11. The monoisotopic (exact) mass is 381 g/mol. The third-order valence-corrected chi connectivity index (χ3v) is 5.44. The molecule has 0 aliphatic carbocycles. The SMILES string of the molecule is COc1ccc(Cl)cc1S(=O)(=O)N1C=COc2ccc(C(=O)O)cc21. The lowest BCUT2D eigenvalue weighted by molar-refractivity contribution is 0.0697. The molecule has 0 atom stereocenters. The summed E-state index contributed by atoms with van der Waals surface area (Å²) in [7, 11) is -2.78. The Kier molecular flexibility index (Phi) is 4.32. The van der Waals surface area contributed by atoms with Gasteiger partial charge in [0, 0.05) is 5.02 Å². The number of halogens is 1. The van der Waals surface area contributed by atoms with Crippen molar-refractivity contribution in [2.24, 2.45) is 0 Å². The topological polar surface area (TPSA) is 93.1 Å². The van der Waals surface area contributed by atoms with E-state index in [-0.39, 0.29) is 32.7 Å². The van der Waals surface area contributed by atoms with Gasteiger partial charge in [-0.1, -0.05) is 11.6 Å². The van der Waals surface area contributed by atoms with Crippen molar-refractivity contribution < 1.29 is 27.8 Å². The number of carbonyl (C=O) groups is 1. The van der Waals surface area contributed by atoms with Gasteiger partial charge in [-0.3, -0.25) is 0 Å². The minimum atomic E-state index is -4.12. The Balaban J connectivity index is 2.18. The molecule has 7 nitrogen and oxygen atoms in total. The summed E-state index contributed by atoms with van der Waals surface area (Å²) in [5, 5.41) is 9.37. The number of sulfonamides is 1. The molecule has 1 aliphatic rings. The van der Waals surface area contributed by atoms with Crippen molar-refractivity contribution in [3.8, 4) is 11.5 Å². The molecule has 1 aliphatic heterocycles. The summed E-state index contributed by atoms with van der Waals surface area (Å²) in [5.74, 6) is -0.868. The number of fused-ring (bicyclic) bond motifs is 1. The Morgan fingerprint density at radius 1 is 1.24 bits per heavy atom. The molecule has 130 valence electrons. The lowest BCUT2D eigenvalue weighted by Crippen LogP contribution is -2.28. The van der Waals surface area contributed by atoms with E-state index in [9.17, 15) is 13.2 Å². The van der Waals surface area contributed by atoms with E-state index < -0.39 is 16.0 Å². The van der Waals surface area contributed by atoms with Crippen molar-refractivity contribution in [2.45, 2.75) is 4.90 Å². The number of nitrogens with zero attached hydrogens (tertiary/aromatic N) is 1. The van der Waals surface area contributed by atoms with Crippen LogP contribution in [0.15, 0.2) is 53.8 Å². The maximum Gasteiger partial charge on any atom is 0.335 e. The van der Waals surface area contributed by atoms with Gasteiger partial charge in [0.25, 0.3) is 10.0 Å². The Morgan fingerprint density at radius 2 is 2.00 bits per heavy atom. The van der Waals surface area contributed by atoms with E-state index in [1.165, 1.54) is 56.0 Å². The van der Waals surface area contributed by atoms with E-state index in [1.54, 1.807) is 0 Å². The molecular formula is C16H12ClNO6S. The minimum absolute atomic E-state index is 0.0732. The molecule has 0 fully saturated rings. The van der Waals surface area contributed by atoms with E-state index >= 15 is 0 Å². The molecule has 1 heterocycles. The molecule has 0 saturated carbocycles. The van der Waals surface area contributed by atoms with Gasteiger partial charge in [-0.2, -0.15) is 0 Å². The zero-order valence-electron chi connectivity index (χ0n) is 12.8. The molecular weight excluding hydrogens is 370 g/mol. The van der Waals surface area contributed by atoms with Gasteiger partial charge >= 0.3 is 5.97 Å². The molecule has 9 heteroatoms. The van der Waals surface area contributed by atoms with Crippen LogP contribution >= 0.6 is 11.6 Å². The van der Waals surface area contributed by atoms with Gasteiger partial charge in [0.05, 0.1) is 18.9 Å². The van der Waals surface area contributed by atoms with Crippen LogP contribution in [0.2, 0.25) is 5.02 Å². The maximum atomic E-state index is 13.1. The molecule has 0 aromatic heterocycles. The first-order chi connectivity index (χ1) is 11.8. The molecule has 3 rings (SSSR count). The largest absolute Gasteiger partial charge is 0.495 e. The second-order valence-corrected chi connectivity index (χ2v) is 7.21. The molecule has 2 aromatic rings. The number of carboxylic acid groups (broad SMARTS) is 1. The molecule has 1 N–H and O–H groups in total. The summed E-state index contributed by atoms with van der Waals surface area (Å²) in [6, 6.07) is 8.14. The third-order valence-electron chi connectivity index (χ3n) is 3.50. The van der Waals surface area contributed by atoms with Crippen LogP contribution in [0.25, 0.3) is 0 Å². The summed E-state index contributed by atoms with van der Waals surface area (Å²) in [4.78, 5) is 11.0. The maximum absolute atomic E-state index is 13.1. The van der Waals surface area contributed by atoms with Gasteiger partial charge in [-0.05, 0) is 36.4 Å². The third kappa shape index (κ3) is 3.01. The summed E-state index contributed by atoms with van der Waals surface area (Å²) < 4.78 is 37.5. The zero-order valence-corrected chi connectivity index (χ0v) is 14.4. The Hall–Kier alpha value is -2.71. The molecule has 0 unspecified atom stereocenters. The lowest BCUT2D eigenvalue weighted by Gasteiger charge is -2.26. The molecule has 0 radical (unpaired) electrons. The second kappa shape index (κ2) is 6.30. The first kappa shape index (κ1) is 17.1. The van der Waals surface area contributed by atoms with Crippen LogP contribution in [0.3, 0.4) is 0 Å².